The van der Waals surface area contributed by atoms with E-state index in [0.717, 1.165) is 89.4 Å². The van der Waals surface area contributed by atoms with Crippen molar-refractivity contribution in [2.75, 3.05) is 0 Å². The number of aromatic nitrogens is 4. The molecule has 2 aliphatic rings. The van der Waals surface area contributed by atoms with Crippen molar-refractivity contribution in [1.29, 1.82) is 0 Å². The number of nitrogens with one attached hydrogen (secondary N) is 2. The van der Waals surface area contributed by atoms with Crippen molar-refractivity contribution >= 4 is 91.6 Å². The van der Waals surface area contributed by atoms with E-state index in [1.807, 2.05) is 0 Å². The summed E-state index contributed by atoms with van der Waals surface area (Å²) in [6.45, 7) is 0. The molecule has 7 aromatic rings. The van der Waals surface area contributed by atoms with Gasteiger partial charge in [-0.15, -0.1) is 0 Å². The Kier molecular flexibility index (Phi) is 8.05. The van der Waals surface area contributed by atoms with E-state index in [0.29, 0.717) is 0 Å². The molecule has 4 nitrogen and oxygen atoms in total. The second-order valence-electron chi connectivity index (χ2n) is 12.2. The predicted octanol–water partition coefficient (Wildman–Crippen LogP) is 12.5. The lowest BCUT2D eigenvalue weighted by atomic mass is 10.0. The zero-order chi connectivity index (χ0) is 33.6. The van der Waals surface area contributed by atoms with Gasteiger partial charge < -0.3 is 9.97 Å². The van der Waals surface area contributed by atoms with Crippen molar-refractivity contribution < 1.29 is 0 Å². The summed E-state index contributed by atoms with van der Waals surface area (Å²) in [5.41, 5.74) is 16.2. The van der Waals surface area contributed by atoms with Gasteiger partial charge in [0, 0.05) is 51.5 Å². The number of H-pyrrole nitrogens is 2. The van der Waals surface area contributed by atoms with Crippen LogP contribution >= 0.6 is 45.2 Å². The quantitative estimate of drug-likeness (QED) is 0.173. The second kappa shape index (κ2) is 13.0. The monoisotopic (exact) mass is 866 g/mol. The van der Waals surface area contributed by atoms with Crippen molar-refractivity contribution in [3.63, 3.8) is 0 Å². The predicted molar refractivity (Wildman–Crippen MR) is 226 cm³/mol. The molecule has 0 atom stereocenters. The van der Waals surface area contributed by atoms with E-state index >= 15 is 0 Å². The third kappa shape index (κ3) is 5.72. The fraction of sp³-hybridized carbons (Fsp3) is 0. The highest BCUT2D eigenvalue weighted by atomic mass is 127. The summed E-state index contributed by atoms with van der Waals surface area (Å²) >= 11 is 4.72. The zero-order valence-corrected chi connectivity index (χ0v) is 31.0. The molecule has 2 N–H and O–H groups in total. The molecule has 0 radical (unpaired) electrons. The lowest BCUT2D eigenvalue weighted by Crippen LogP contribution is -1.89. The first-order valence-electron chi connectivity index (χ1n) is 16.4. The molecule has 0 unspecified atom stereocenters. The summed E-state index contributed by atoms with van der Waals surface area (Å²) in [5.74, 6) is 0. The number of fused-ring (bicyclic) bond motifs is 8. The van der Waals surface area contributed by atoms with Crippen LogP contribution in [0.1, 0.15) is 22.8 Å². The zero-order valence-electron chi connectivity index (χ0n) is 26.7. The number of rotatable bonds is 4. The molecular formula is C44H28I2N4. The largest absolute Gasteiger partial charge is 0.354 e. The topological polar surface area (TPSA) is 57.4 Å². The number of hydrogen-bond acceptors (Lipinski definition) is 2. The van der Waals surface area contributed by atoms with Gasteiger partial charge in [0.25, 0.3) is 0 Å². The maximum atomic E-state index is 5.38. The number of hydrogen-bond donors (Lipinski definition) is 2. The number of aromatic amines is 2. The molecule has 5 heterocycles. The first kappa shape index (κ1) is 31.0. The third-order valence-corrected chi connectivity index (χ3v) is 10.6. The Balaban J connectivity index is 1.48. The highest BCUT2D eigenvalue weighted by molar-refractivity contribution is 14.1. The standard InChI is InChI=1S/C44H28I2N4/c45-31-15-11-29(12-16-31)43-37-23-21-35(48-37)41(27-7-3-1-4-8-27)33-19-20-34(47-33)42(28-9-5-2-6-10-28)36-22-24-38(49-36)44(40-26-25-39(43)50-40)30-13-17-32(46)18-14-30/h1-26,47,50H. The van der Waals surface area contributed by atoms with E-state index in [4.69, 9.17) is 9.97 Å². The van der Waals surface area contributed by atoms with Crippen LogP contribution in [0.5, 0.6) is 0 Å². The molecule has 50 heavy (non-hydrogen) atoms. The molecule has 3 aromatic heterocycles. The third-order valence-electron chi connectivity index (χ3n) is 9.14. The molecule has 4 aromatic carbocycles. The molecule has 0 amide bonds. The molecule has 0 aliphatic carbocycles. The fourth-order valence-electron chi connectivity index (χ4n) is 6.86. The van der Waals surface area contributed by atoms with Crippen molar-refractivity contribution in [1.82, 2.24) is 19.9 Å². The summed E-state index contributed by atoms with van der Waals surface area (Å²) in [6.07, 6.45) is 8.57. The Morgan fingerprint density at radius 3 is 0.900 bits per heavy atom. The first-order valence-corrected chi connectivity index (χ1v) is 18.5. The van der Waals surface area contributed by atoms with E-state index in [-0.39, 0.29) is 0 Å². The van der Waals surface area contributed by atoms with E-state index in [2.05, 4.69) is 213 Å². The number of benzene rings is 4. The second-order valence-corrected chi connectivity index (χ2v) is 14.7. The lowest BCUT2D eigenvalue weighted by molar-refractivity contribution is 1.31. The van der Waals surface area contributed by atoms with E-state index in [9.17, 15) is 0 Å². The van der Waals surface area contributed by atoms with Gasteiger partial charge in [-0.1, -0.05) is 84.9 Å². The van der Waals surface area contributed by atoms with Crippen molar-refractivity contribution in [3.8, 4) is 44.5 Å². The van der Waals surface area contributed by atoms with Crippen LogP contribution in [0.4, 0.5) is 0 Å². The minimum Gasteiger partial charge on any atom is -0.354 e. The Morgan fingerprint density at radius 1 is 0.320 bits per heavy atom. The minimum absolute atomic E-state index is 0.905. The van der Waals surface area contributed by atoms with Gasteiger partial charge in [-0.3, -0.25) is 0 Å². The van der Waals surface area contributed by atoms with Crippen LogP contribution in [-0.2, 0) is 0 Å². The van der Waals surface area contributed by atoms with Crippen LogP contribution in [0.3, 0.4) is 0 Å². The van der Waals surface area contributed by atoms with Gasteiger partial charge in [0.1, 0.15) is 0 Å². The summed E-state index contributed by atoms with van der Waals surface area (Å²) in [5, 5.41) is 0. The van der Waals surface area contributed by atoms with Gasteiger partial charge in [-0.2, -0.15) is 0 Å². The average molecular weight is 867 g/mol. The minimum atomic E-state index is 0.905. The molecule has 6 heteroatoms. The van der Waals surface area contributed by atoms with Crippen LogP contribution < -0.4 is 0 Å². The van der Waals surface area contributed by atoms with E-state index in [1.165, 1.54) is 7.14 Å². The van der Waals surface area contributed by atoms with Crippen LogP contribution in [0.25, 0.3) is 90.9 Å². The molecular weight excluding hydrogens is 838 g/mol. The normalized spacial score (nSPS) is 12.0. The smallest absolute Gasteiger partial charge is 0.0737 e. The highest BCUT2D eigenvalue weighted by Gasteiger charge is 2.18. The molecule has 2 aliphatic heterocycles. The summed E-state index contributed by atoms with van der Waals surface area (Å²) in [7, 11) is 0. The molecule has 0 spiro atoms. The van der Waals surface area contributed by atoms with Crippen LogP contribution in [0.2, 0.25) is 0 Å². The first-order chi connectivity index (χ1) is 24.6. The molecule has 0 fully saturated rings. The van der Waals surface area contributed by atoms with Gasteiger partial charge in [0.05, 0.1) is 22.8 Å². The molecule has 0 saturated heterocycles. The summed E-state index contributed by atoms with van der Waals surface area (Å²) in [4.78, 5) is 18.4. The maximum Gasteiger partial charge on any atom is 0.0737 e. The average Bonchev–Trinajstić information content (AvgIpc) is 3.98. The molecule has 0 saturated carbocycles. The Labute approximate surface area is 317 Å². The number of halogens is 2. The summed E-state index contributed by atoms with van der Waals surface area (Å²) in [6, 6.07) is 47.0. The summed E-state index contributed by atoms with van der Waals surface area (Å²) < 4.78 is 2.37. The molecule has 8 bridgehead atoms. The maximum absolute atomic E-state index is 5.38. The number of nitrogens with zero attached hydrogens (tertiary/aromatic N) is 2. The van der Waals surface area contributed by atoms with Crippen molar-refractivity contribution in [2.24, 2.45) is 0 Å². The van der Waals surface area contributed by atoms with Crippen molar-refractivity contribution in [3.05, 3.63) is 163 Å². The Morgan fingerprint density at radius 2 is 0.600 bits per heavy atom. The Hall–Kier alpha value is -5.06. The van der Waals surface area contributed by atoms with Crippen LogP contribution in [0, 0.1) is 7.14 Å². The van der Waals surface area contributed by atoms with E-state index in [1.54, 1.807) is 0 Å². The SMILES string of the molecule is Ic1ccc(-c2c3nc(c(-c4ccccc4)c4ccc([nH]4)c(-c4ccccc4)c4nc(c(-c5ccc(I)cc5)c5ccc2[nH]5)C=C4)C=C3)cc1. The van der Waals surface area contributed by atoms with Gasteiger partial charge in [0.2, 0.25) is 0 Å². The molecule has 238 valence electrons. The van der Waals surface area contributed by atoms with Gasteiger partial charge in [-0.25, -0.2) is 9.97 Å². The van der Waals surface area contributed by atoms with Crippen LogP contribution in [0.15, 0.2) is 133 Å². The van der Waals surface area contributed by atoms with Gasteiger partial charge >= 0.3 is 0 Å². The fourth-order valence-corrected chi connectivity index (χ4v) is 7.58. The van der Waals surface area contributed by atoms with Gasteiger partial charge in [-0.05, 0) is 140 Å². The lowest BCUT2D eigenvalue weighted by Gasteiger charge is -2.07. The molecule has 9 rings (SSSR count). The van der Waals surface area contributed by atoms with Crippen LogP contribution in [-0.4, -0.2) is 19.9 Å². The highest BCUT2D eigenvalue weighted by Crippen LogP contribution is 2.38. The Bertz CT molecular complexity index is 2450. The van der Waals surface area contributed by atoms with E-state index < -0.39 is 0 Å². The van der Waals surface area contributed by atoms with Crippen molar-refractivity contribution in [2.45, 2.75) is 0 Å². The van der Waals surface area contributed by atoms with Gasteiger partial charge in [0.15, 0.2) is 0 Å².